The van der Waals surface area contributed by atoms with Gasteiger partial charge in [0.05, 0.1) is 62.8 Å². The molecule has 0 radical (unpaired) electrons. The van der Waals surface area contributed by atoms with Crippen molar-refractivity contribution in [2.75, 3.05) is 13.2 Å². The molecule has 0 aromatic heterocycles. The number of hydrogen-bond donors (Lipinski definition) is 3. The predicted molar refractivity (Wildman–Crippen MR) is 206 cm³/mol. The Balaban J connectivity index is 0.00000161. The summed E-state index contributed by atoms with van der Waals surface area (Å²) in [6.45, 7) is 2.93. The van der Waals surface area contributed by atoms with E-state index in [1.54, 1.807) is 0 Å². The third-order valence-corrected chi connectivity index (χ3v) is 9.23. The first kappa shape index (κ1) is 63.1. The fourth-order valence-electron chi connectivity index (χ4n) is 4.91. The van der Waals surface area contributed by atoms with Crippen LogP contribution in [0.3, 0.4) is 0 Å². The normalized spacial score (nSPS) is 10.4. The molecule has 326 valence electrons. The summed E-state index contributed by atoms with van der Waals surface area (Å²) in [6, 6.07) is 19.7. The van der Waals surface area contributed by atoms with E-state index < -0.39 is 67.5 Å². The van der Waals surface area contributed by atoms with Crippen molar-refractivity contribution in [3.8, 4) is 22.6 Å². The molecule has 5 aromatic carbocycles. The summed E-state index contributed by atoms with van der Waals surface area (Å²) in [6.07, 6.45) is 0.988. The van der Waals surface area contributed by atoms with Crippen molar-refractivity contribution in [2.45, 2.75) is 9.79 Å². The van der Waals surface area contributed by atoms with Gasteiger partial charge in [-0.3, -0.25) is 5.04 Å². The fourth-order valence-corrected chi connectivity index (χ4v) is 6.16. The smallest absolute Gasteiger partial charge is 0.744 e. The molecule has 0 aliphatic rings. The molecule has 0 aliphatic heterocycles. The van der Waals surface area contributed by atoms with Crippen LogP contribution in [0.15, 0.2) is 140 Å². The van der Waals surface area contributed by atoms with Crippen molar-refractivity contribution in [2.24, 2.45) is 20.5 Å². The fraction of sp³-hybridized carbons (Fsp3) is 0.0513. The number of nitrogens with zero attached hydrogens (tertiary/aromatic N) is 4. The van der Waals surface area contributed by atoms with Crippen LogP contribution in [0.1, 0.15) is 41.4 Å². The van der Waals surface area contributed by atoms with Gasteiger partial charge in [0.15, 0.2) is 0 Å². The number of ether oxygens (including phenoxy) is 2. The Kier molecular flexibility index (Phi) is 28.8. The van der Waals surface area contributed by atoms with Gasteiger partial charge < -0.3 is 54.4 Å². The second-order valence-corrected chi connectivity index (χ2v) is 13.9. The molecule has 0 saturated heterocycles. The summed E-state index contributed by atoms with van der Waals surface area (Å²) < 4.78 is 50.5. The third kappa shape index (κ3) is 19.2. The number of esters is 2. The largest absolute Gasteiger partial charge is 1.00 e. The molecule has 67 heavy (non-hydrogen) atoms. The molecule has 0 fully saturated rings. The summed E-state index contributed by atoms with van der Waals surface area (Å²) in [5, 5.41) is 79.7. The monoisotopic (exact) mass is 994 g/mol. The molecule has 0 atom stereocenters. The van der Waals surface area contributed by atoms with Gasteiger partial charge in [0, 0.05) is 27.7 Å². The molecular weight excluding hydrogens is 969 g/mol. The van der Waals surface area contributed by atoms with Crippen molar-refractivity contribution in [3.05, 3.63) is 132 Å². The topological polar surface area (TPSA) is 359 Å². The SMILES string of the molecule is C=CC(=O)OCCOC(=O)c1ccccc1C(=O)O.O=C([O-])c1cc(N=Nc2ccc(-c3ccc(N=Nc4ccc(O)c(C(=O)[O-])c4)cc3S(=O)(=O)[O-])c(SOO[O-])c2)ccc1O.[Na+].[Na+].[Na+].[Na+]. The predicted octanol–water partition coefficient (Wildman–Crippen LogP) is -8.26. The zero-order chi connectivity index (χ0) is 46.3. The van der Waals surface area contributed by atoms with Crippen LogP contribution in [0.5, 0.6) is 11.5 Å². The van der Waals surface area contributed by atoms with E-state index in [-0.39, 0.29) is 181 Å². The maximum Gasteiger partial charge on any atom is 1.00 e. The van der Waals surface area contributed by atoms with E-state index in [1.807, 2.05) is 0 Å². The molecular formula is C39H26N4Na4O18S2. The number of carboxylic acid groups (broad SMARTS) is 3. The number of carboxylic acids is 3. The Morgan fingerprint density at radius 3 is 1.55 bits per heavy atom. The minimum absolute atomic E-state index is 0. The summed E-state index contributed by atoms with van der Waals surface area (Å²) in [7, 11) is -5.15. The molecule has 0 amide bonds. The number of azo groups is 2. The van der Waals surface area contributed by atoms with E-state index >= 15 is 0 Å². The van der Waals surface area contributed by atoms with Gasteiger partial charge in [-0.15, -0.1) is 0 Å². The van der Waals surface area contributed by atoms with Crippen molar-refractivity contribution < 1.29 is 205 Å². The molecule has 3 N–H and O–H groups in total. The Bertz CT molecular complexity index is 2760. The second-order valence-electron chi connectivity index (χ2n) is 11.8. The van der Waals surface area contributed by atoms with Gasteiger partial charge in [-0.2, -0.15) is 24.8 Å². The van der Waals surface area contributed by atoms with Crippen molar-refractivity contribution in [3.63, 3.8) is 0 Å². The molecule has 0 bridgehead atoms. The molecule has 0 unspecified atom stereocenters. The molecule has 0 aliphatic carbocycles. The molecule has 0 spiro atoms. The van der Waals surface area contributed by atoms with Crippen LogP contribution in [0.2, 0.25) is 0 Å². The Morgan fingerprint density at radius 2 is 1.09 bits per heavy atom. The summed E-state index contributed by atoms with van der Waals surface area (Å²) in [5.41, 5.74) is -1.33. The number of carbonyl (C=O) groups excluding carboxylic acids is 4. The van der Waals surface area contributed by atoms with Gasteiger partial charge in [-0.05, 0) is 78.4 Å². The quantitative estimate of drug-likeness (QED) is 0.00896. The van der Waals surface area contributed by atoms with Crippen molar-refractivity contribution >= 4 is 74.8 Å². The Morgan fingerprint density at radius 1 is 0.642 bits per heavy atom. The Labute approximate surface area is 472 Å². The van der Waals surface area contributed by atoms with Gasteiger partial charge in [-0.25, -0.2) is 22.8 Å². The second kappa shape index (κ2) is 30.6. The standard InChI is InChI=1S/C26H18N4O12S2.C13H12O6.4Na/c31-21-7-3-13(9-19(21)25(33)34)27-29-15-1-5-17(23(11-15)43-42-41-37)18-6-2-16(12-24(18)44(38,39)40)30-28-14-4-8-22(32)20(10-14)26(35)36;1-2-11(14)18-7-8-19-13(17)10-6-4-3-5-9(10)12(15)16;;;;/h1-12,31-32,37H,(H,33,34)(H,35,36)(H,38,39,40);2-6H,1,7-8H2,(H,15,16);;;;/q;;4*+1/p-4. The van der Waals surface area contributed by atoms with E-state index in [9.17, 15) is 62.6 Å². The first-order chi connectivity index (χ1) is 29.9. The molecule has 0 saturated carbocycles. The number of rotatable bonds is 17. The summed E-state index contributed by atoms with van der Waals surface area (Å²) in [4.78, 5) is 54.8. The molecule has 0 heterocycles. The van der Waals surface area contributed by atoms with Gasteiger partial charge >= 0.3 is 136 Å². The van der Waals surface area contributed by atoms with Crippen molar-refractivity contribution in [1.29, 1.82) is 0 Å². The minimum atomic E-state index is -5.15. The number of phenols is 2. The number of carbonyl (C=O) groups is 5. The summed E-state index contributed by atoms with van der Waals surface area (Å²) >= 11 is 0.354. The Hall–Kier alpha value is -3.87. The summed E-state index contributed by atoms with van der Waals surface area (Å²) in [5.74, 6) is -7.03. The average Bonchev–Trinajstić information content (AvgIpc) is 3.26. The van der Waals surface area contributed by atoms with Crippen LogP contribution >= 0.6 is 12.0 Å². The zero-order valence-electron chi connectivity index (χ0n) is 35.5. The van der Waals surface area contributed by atoms with Gasteiger partial charge in [0.2, 0.25) is 0 Å². The number of benzene rings is 5. The van der Waals surface area contributed by atoms with Crippen LogP contribution in [0, 0.1) is 0 Å². The maximum atomic E-state index is 12.2. The molecule has 28 heteroatoms. The zero-order valence-corrected chi connectivity index (χ0v) is 45.1. The van der Waals surface area contributed by atoms with E-state index in [2.05, 4.69) is 41.1 Å². The third-order valence-electron chi connectivity index (χ3n) is 7.71. The van der Waals surface area contributed by atoms with Crippen LogP contribution in [-0.2, 0) is 33.8 Å². The molecule has 5 aromatic rings. The number of hydrogen-bond acceptors (Lipinski definition) is 22. The van der Waals surface area contributed by atoms with Gasteiger partial charge in [0.1, 0.15) is 34.8 Å². The first-order valence-corrected chi connectivity index (χ1v) is 19.2. The van der Waals surface area contributed by atoms with Crippen LogP contribution in [0.4, 0.5) is 22.7 Å². The van der Waals surface area contributed by atoms with Crippen LogP contribution < -0.4 is 134 Å². The average molecular weight is 995 g/mol. The van der Waals surface area contributed by atoms with Crippen molar-refractivity contribution in [1.82, 2.24) is 0 Å². The molecule has 5 rings (SSSR count). The number of aromatic hydroxyl groups is 2. The van der Waals surface area contributed by atoms with E-state index in [0.717, 1.165) is 36.4 Å². The van der Waals surface area contributed by atoms with Gasteiger partial charge in [-0.1, -0.05) is 30.8 Å². The maximum absolute atomic E-state index is 12.2. The van der Waals surface area contributed by atoms with Crippen LogP contribution in [-0.4, -0.2) is 71.4 Å². The van der Waals surface area contributed by atoms with E-state index in [1.165, 1.54) is 66.7 Å². The van der Waals surface area contributed by atoms with Gasteiger partial charge in [0.25, 0.3) is 0 Å². The van der Waals surface area contributed by atoms with E-state index in [4.69, 9.17) is 9.84 Å². The number of aromatic carboxylic acids is 3. The van der Waals surface area contributed by atoms with Crippen LogP contribution in [0.25, 0.3) is 11.1 Å². The first-order valence-electron chi connectivity index (χ1n) is 17.0. The minimum Gasteiger partial charge on any atom is -0.744 e. The van der Waals surface area contributed by atoms with E-state index in [0.29, 0.717) is 12.0 Å². The molecule has 22 nitrogen and oxygen atoms in total.